The highest BCUT2D eigenvalue weighted by molar-refractivity contribution is 5.66. The maximum Gasteiger partial charge on any atom is 0.302 e. The number of fused-ring (bicyclic) bond motifs is 3. The SMILES string of the molecule is CC(=O)O[C@@H]1CC[C@]2(C)C3=CC[C@]4(C)[C@H]([C@@H](C)C=O)CC[C@@H]4[C@@]34CC[C@@]2(C1)OO4. The van der Waals surface area contributed by atoms with Crippen molar-refractivity contribution in [2.75, 3.05) is 0 Å². The van der Waals surface area contributed by atoms with E-state index in [1.165, 1.54) is 12.5 Å². The highest BCUT2D eigenvalue weighted by atomic mass is 17.2. The van der Waals surface area contributed by atoms with Crippen LogP contribution >= 0.6 is 0 Å². The number of allylic oxidation sites excluding steroid dienone is 1. The van der Waals surface area contributed by atoms with Crippen LogP contribution in [0.15, 0.2) is 11.6 Å². The number of esters is 1. The molecule has 4 aliphatic carbocycles. The van der Waals surface area contributed by atoms with Gasteiger partial charge in [0.2, 0.25) is 0 Å². The third-order valence-corrected chi connectivity index (χ3v) is 9.73. The molecule has 0 N–H and O–H groups in total. The number of carbonyl (C=O) groups excluding carboxylic acids is 2. The lowest BCUT2D eigenvalue weighted by Gasteiger charge is -2.69. The summed E-state index contributed by atoms with van der Waals surface area (Å²) in [7, 11) is 0. The van der Waals surface area contributed by atoms with Crippen LogP contribution < -0.4 is 0 Å². The second-order valence-corrected chi connectivity index (χ2v) is 10.9. The molecule has 0 aromatic heterocycles. The minimum Gasteiger partial charge on any atom is -0.462 e. The normalized spacial score (nSPS) is 51.3. The molecule has 5 fully saturated rings. The van der Waals surface area contributed by atoms with E-state index in [0.29, 0.717) is 18.3 Å². The second kappa shape index (κ2) is 6.16. The van der Waals surface area contributed by atoms with Crippen LogP contribution in [0.1, 0.15) is 79.1 Å². The Balaban J connectivity index is 1.52. The predicted octanol–water partition coefficient (Wildman–Crippen LogP) is 4.54. The van der Waals surface area contributed by atoms with Crippen molar-refractivity contribution >= 4 is 12.3 Å². The molecule has 0 amide bonds. The number of ether oxygens (including phenoxy) is 1. The van der Waals surface area contributed by atoms with E-state index in [1.807, 2.05) is 0 Å². The molecular weight excluding hydrogens is 368 g/mol. The zero-order valence-electron chi connectivity index (χ0n) is 18.2. The summed E-state index contributed by atoms with van der Waals surface area (Å²) in [5, 5.41) is 0. The van der Waals surface area contributed by atoms with E-state index in [1.54, 1.807) is 0 Å². The van der Waals surface area contributed by atoms with Crippen molar-refractivity contribution in [1.82, 2.24) is 0 Å². The monoisotopic (exact) mass is 402 g/mol. The summed E-state index contributed by atoms with van der Waals surface area (Å²) in [6.07, 6.45) is 11.1. The second-order valence-electron chi connectivity index (χ2n) is 10.9. The molecule has 2 aliphatic heterocycles. The first kappa shape index (κ1) is 19.7. The van der Waals surface area contributed by atoms with Crippen LogP contribution in [0, 0.1) is 28.6 Å². The Bertz CT molecular complexity index is 763. The van der Waals surface area contributed by atoms with Crippen LogP contribution in [0.5, 0.6) is 0 Å². The topological polar surface area (TPSA) is 61.8 Å². The fourth-order valence-corrected chi connectivity index (χ4v) is 8.29. The number of aldehydes is 1. The lowest BCUT2D eigenvalue weighted by Crippen LogP contribution is -2.71. The molecule has 8 atom stereocenters. The predicted molar refractivity (Wildman–Crippen MR) is 107 cm³/mol. The fraction of sp³-hybridized carbons (Fsp3) is 0.833. The third kappa shape index (κ3) is 2.35. The van der Waals surface area contributed by atoms with Crippen LogP contribution in [0.4, 0.5) is 0 Å². The van der Waals surface area contributed by atoms with E-state index in [0.717, 1.165) is 51.2 Å². The molecule has 0 unspecified atom stereocenters. The molecule has 2 spiro atoms. The van der Waals surface area contributed by atoms with E-state index in [9.17, 15) is 9.59 Å². The van der Waals surface area contributed by atoms with E-state index in [2.05, 4.69) is 26.8 Å². The van der Waals surface area contributed by atoms with Gasteiger partial charge in [-0.15, -0.1) is 0 Å². The Kier molecular flexibility index (Phi) is 4.20. The summed E-state index contributed by atoms with van der Waals surface area (Å²) < 4.78 is 5.57. The summed E-state index contributed by atoms with van der Waals surface area (Å²) in [5.74, 6) is 0.662. The number of hydrogen-bond acceptors (Lipinski definition) is 5. The van der Waals surface area contributed by atoms with Gasteiger partial charge in [-0.3, -0.25) is 4.79 Å². The van der Waals surface area contributed by atoms with Gasteiger partial charge in [0, 0.05) is 30.6 Å². The molecule has 2 saturated heterocycles. The average molecular weight is 403 g/mol. The van der Waals surface area contributed by atoms with Gasteiger partial charge in [0.1, 0.15) is 23.6 Å². The standard InChI is InChI=1S/C24H34O5/c1-15(14-25)18-5-6-19-21(18,3)9-8-20-22(4)10-7-17(27-16(2)26)13-23(22)11-12-24(19,20)29-28-23/h8,14-15,17-19H,5-7,9-13H2,1-4H3/t15-,17+,18-,19-,21+,22+,23-,24-/m0/s1. The Labute approximate surface area is 173 Å². The zero-order chi connectivity index (χ0) is 20.7. The average Bonchev–Trinajstić information content (AvgIpc) is 3.05. The van der Waals surface area contributed by atoms with Crippen molar-refractivity contribution in [3.05, 3.63) is 11.6 Å². The minimum atomic E-state index is -0.402. The van der Waals surface area contributed by atoms with Gasteiger partial charge in [0.15, 0.2) is 0 Å². The minimum absolute atomic E-state index is 0.0736. The molecule has 2 bridgehead atoms. The van der Waals surface area contributed by atoms with Gasteiger partial charge in [0.25, 0.3) is 0 Å². The molecule has 0 aromatic carbocycles. The molecule has 2 heterocycles. The Morgan fingerprint density at radius 2 is 2.00 bits per heavy atom. The van der Waals surface area contributed by atoms with Gasteiger partial charge in [-0.2, -0.15) is 0 Å². The summed E-state index contributed by atoms with van der Waals surface area (Å²) >= 11 is 0. The van der Waals surface area contributed by atoms with Gasteiger partial charge >= 0.3 is 5.97 Å². The van der Waals surface area contributed by atoms with Gasteiger partial charge < -0.3 is 9.53 Å². The molecule has 0 aromatic rings. The van der Waals surface area contributed by atoms with Crippen molar-refractivity contribution < 1.29 is 24.1 Å². The van der Waals surface area contributed by atoms with Crippen LogP contribution in [-0.4, -0.2) is 29.6 Å². The summed E-state index contributed by atoms with van der Waals surface area (Å²) in [6.45, 7) is 8.28. The first-order valence-electron chi connectivity index (χ1n) is 11.4. The highest BCUT2D eigenvalue weighted by Crippen LogP contribution is 2.73. The van der Waals surface area contributed by atoms with Gasteiger partial charge in [-0.05, 0) is 61.9 Å². The van der Waals surface area contributed by atoms with Gasteiger partial charge in [-0.1, -0.05) is 26.8 Å². The number of carbonyl (C=O) groups is 2. The van der Waals surface area contributed by atoms with Crippen molar-refractivity contribution in [1.29, 1.82) is 0 Å². The molecule has 3 saturated carbocycles. The highest BCUT2D eigenvalue weighted by Gasteiger charge is 2.73. The van der Waals surface area contributed by atoms with Crippen LogP contribution in [0.25, 0.3) is 0 Å². The van der Waals surface area contributed by atoms with Gasteiger partial charge in [-0.25, -0.2) is 9.78 Å². The van der Waals surface area contributed by atoms with Crippen molar-refractivity contribution in [3.63, 3.8) is 0 Å². The molecule has 6 rings (SSSR count). The Morgan fingerprint density at radius 3 is 2.66 bits per heavy atom. The maximum atomic E-state index is 11.6. The molecular formula is C24H34O5. The maximum absolute atomic E-state index is 11.6. The molecule has 6 aliphatic rings. The molecule has 29 heavy (non-hydrogen) atoms. The first-order valence-corrected chi connectivity index (χ1v) is 11.4. The largest absolute Gasteiger partial charge is 0.462 e. The summed E-state index contributed by atoms with van der Waals surface area (Å²) in [6, 6.07) is 0. The van der Waals surface area contributed by atoms with E-state index < -0.39 is 5.60 Å². The van der Waals surface area contributed by atoms with E-state index in [-0.39, 0.29) is 34.4 Å². The Morgan fingerprint density at radius 1 is 1.21 bits per heavy atom. The van der Waals surface area contributed by atoms with Crippen LogP contribution in [0.3, 0.4) is 0 Å². The van der Waals surface area contributed by atoms with E-state index in [4.69, 9.17) is 14.5 Å². The third-order valence-electron chi connectivity index (χ3n) is 9.73. The first-order chi connectivity index (χ1) is 13.7. The van der Waals surface area contributed by atoms with Crippen molar-refractivity contribution in [3.8, 4) is 0 Å². The number of rotatable bonds is 3. The Hall–Kier alpha value is -1.20. The molecule has 160 valence electrons. The van der Waals surface area contributed by atoms with Crippen LogP contribution in [0.2, 0.25) is 0 Å². The lowest BCUT2D eigenvalue weighted by atomic mass is 9.44. The quantitative estimate of drug-likeness (QED) is 0.300. The molecule has 5 nitrogen and oxygen atoms in total. The van der Waals surface area contributed by atoms with Crippen molar-refractivity contribution in [2.45, 2.75) is 96.4 Å². The fourth-order valence-electron chi connectivity index (χ4n) is 8.29. The smallest absolute Gasteiger partial charge is 0.302 e. The number of hydrogen-bond donors (Lipinski definition) is 0. The van der Waals surface area contributed by atoms with Gasteiger partial charge in [0.05, 0.1) is 0 Å². The molecule has 0 radical (unpaired) electrons. The molecule has 5 heteroatoms. The zero-order valence-corrected chi connectivity index (χ0v) is 18.2. The summed E-state index contributed by atoms with van der Waals surface area (Å²) in [4.78, 5) is 35.8. The summed E-state index contributed by atoms with van der Waals surface area (Å²) in [5.41, 5.74) is 0.687. The van der Waals surface area contributed by atoms with Crippen molar-refractivity contribution in [2.24, 2.45) is 28.6 Å². The van der Waals surface area contributed by atoms with E-state index >= 15 is 0 Å². The lowest BCUT2D eigenvalue weighted by molar-refractivity contribution is -0.494. The van der Waals surface area contributed by atoms with Crippen LogP contribution in [-0.2, 0) is 24.1 Å².